The molecule has 103 heavy (non-hydrogen) atoms. The number of hydrogen-bond donors (Lipinski definition) is 4. The molecule has 26 nitrogen and oxygen atoms in total. The third kappa shape index (κ3) is 20.2. The summed E-state index contributed by atoms with van der Waals surface area (Å²) >= 11 is 0. The summed E-state index contributed by atoms with van der Waals surface area (Å²) in [4.78, 5) is 140. The predicted molar refractivity (Wildman–Crippen MR) is 379 cm³/mol. The number of fused-ring (bicyclic) bond motifs is 4. The number of aliphatic hydroxyl groups excluding tert-OH is 2. The Kier molecular flexibility index (Phi) is 28.1. The highest BCUT2D eigenvalue weighted by Crippen LogP contribution is 2.44. The molecule has 26 heteroatoms. The van der Waals surface area contributed by atoms with Gasteiger partial charge in [-0.25, -0.2) is 19.4 Å². The highest BCUT2D eigenvalue weighted by molar-refractivity contribution is 6.08. The molecular formula is C77H98N6O20. The molecule has 556 valence electrons. The number of benzene rings is 4. The zero-order valence-electron chi connectivity index (χ0n) is 60.9. The van der Waals surface area contributed by atoms with Gasteiger partial charge in [-0.2, -0.15) is 0 Å². The van der Waals surface area contributed by atoms with Crippen LogP contribution in [0.1, 0.15) is 157 Å². The van der Waals surface area contributed by atoms with E-state index in [4.69, 9.17) is 37.9 Å². The van der Waals surface area contributed by atoms with E-state index < -0.39 is 72.5 Å². The molecule has 0 aromatic heterocycles. The number of carbonyl (C=O) groups is 10. The molecule has 0 fully saturated rings. The van der Waals surface area contributed by atoms with Crippen LogP contribution in [0.3, 0.4) is 0 Å². The van der Waals surface area contributed by atoms with Crippen molar-refractivity contribution in [1.82, 2.24) is 20.4 Å². The molecule has 0 spiro atoms. The van der Waals surface area contributed by atoms with Crippen molar-refractivity contribution in [2.45, 2.75) is 176 Å². The summed E-state index contributed by atoms with van der Waals surface area (Å²) in [6, 6.07) is 16.1. The van der Waals surface area contributed by atoms with E-state index in [2.05, 4.69) is 10.6 Å². The Hall–Kier alpha value is -9.50. The highest BCUT2D eigenvalue weighted by atomic mass is 16.6. The van der Waals surface area contributed by atoms with Crippen molar-refractivity contribution in [2.75, 3.05) is 64.2 Å². The van der Waals surface area contributed by atoms with Gasteiger partial charge in [0.25, 0.3) is 11.8 Å². The van der Waals surface area contributed by atoms with Gasteiger partial charge in [-0.3, -0.25) is 33.6 Å². The summed E-state index contributed by atoms with van der Waals surface area (Å²) < 4.78 is 46.1. The lowest BCUT2D eigenvalue weighted by Crippen LogP contribution is -2.50. The summed E-state index contributed by atoms with van der Waals surface area (Å²) in [5, 5.41) is 29.6. The Morgan fingerprint density at radius 2 is 0.932 bits per heavy atom. The van der Waals surface area contributed by atoms with Gasteiger partial charge in [-0.1, -0.05) is 87.4 Å². The summed E-state index contributed by atoms with van der Waals surface area (Å²) in [7, 11) is 4.39. The number of carbonyl (C=O) groups excluding carboxylic acids is 10. The second-order valence-corrected chi connectivity index (χ2v) is 27.5. The second kappa shape index (κ2) is 36.6. The van der Waals surface area contributed by atoms with Crippen LogP contribution in [0.15, 0.2) is 96.3 Å². The molecular weight excluding hydrogens is 1330 g/mol. The number of nitrogens with zero attached hydrogens (tertiary/aromatic N) is 4. The summed E-state index contributed by atoms with van der Waals surface area (Å²) in [5.41, 5.74) is 4.18. The maximum atomic E-state index is 14.4. The standard InChI is InChI=1S/C77H98N6O20/c1-44(2)56(32-48(7)84)70(88)78-49(8)64(86)33-51-16-20-53(21-17-51)42-102-76(94)82-60-38-68(66(97-11)36-58(60)72(90)80-40-46(5)30-62(80)74(82)92)100-25-14-13-15-26-101-69-39-61-59(37-67(69)98-12)73(91)81-41-47(6)31-63(81)75(93)83(61)77(95)103-43-54-22-18-52(19-23-54)34-65(87)50(9)79-71(89)57(45(3)4)35-55(85)24-27-99-29-28-96-10/h16-23,36-41,44-45,49-50,56-57,62-63,74-75,92-93H,13-15,24-35,42-43H2,1-12H3,(H,78,88)(H,79,89)/t49-,50-,56-,57?,62-,63-,74-,75-/m0/s1. The van der Waals surface area contributed by atoms with Gasteiger partial charge >= 0.3 is 12.2 Å². The molecule has 6 amide bonds. The lowest BCUT2D eigenvalue weighted by atomic mass is 9.88. The van der Waals surface area contributed by atoms with Crippen molar-refractivity contribution < 1.29 is 96.1 Å². The van der Waals surface area contributed by atoms with Crippen molar-refractivity contribution in [2.24, 2.45) is 23.7 Å². The Balaban J connectivity index is 0.874. The van der Waals surface area contributed by atoms with E-state index in [0.717, 1.165) is 20.9 Å². The second-order valence-electron chi connectivity index (χ2n) is 27.5. The number of ether oxygens (including phenoxy) is 8. The fourth-order valence-electron chi connectivity index (χ4n) is 12.8. The van der Waals surface area contributed by atoms with E-state index >= 15 is 0 Å². The lowest BCUT2D eigenvalue weighted by molar-refractivity contribution is -0.133. The normalized spacial score (nSPS) is 18.0. The number of unbranched alkanes of at least 4 members (excludes halogenated alkanes) is 2. The number of amides is 6. The molecule has 8 atom stereocenters. The Labute approximate surface area is 601 Å². The van der Waals surface area contributed by atoms with E-state index in [-0.39, 0.29) is 170 Å². The van der Waals surface area contributed by atoms with E-state index in [1.165, 1.54) is 55.2 Å². The van der Waals surface area contributed by atoms with E-state index in [0.29, 0.717) is 54.7 Å². The summed E-state index contributed by atoms with van der Waals surface area (Å²) in [6.07, 6.45) is 0.581. The molecule has 4 heterocycles. The van der Waals surface area contributed by atoms with Crippen molar-refractivity contribution in [3.8, 4) is 23.0 Å². The molecule has 4 N–H and O–H groups in total. The highest BCUT2D eigenvalue weighted by Gasteiger charge is 2.47. The minimum atomic E-state index is -1.56. The fourth-order valence-corrected chi connectivity index (χ4v) is 12.8. The molecule has 0 aliphatic carbocycles. The van der Waals surface area contributed by atoms with Crippen LogP contribution in [-0.2, 0) is 73.8 Å². The molecule has 0 saturated heterocycles. The van der Waals surface area contributed by atoms with Crippen molar-refractivity contribution in [3.63, 3.8) is 0 Å². The van der Waals surface area contributed by atoms with Gasteiger partial charge < -0.3 is 73.3 Å². The number of hydrogen-bond acceptors (Lipinski definition) is 20. The van der Waals surface area contributed by atoms with Crippen LogP contribution in [-0.4, -0.2) is 170 Å². The molecule has 4 aliphatic heterocycles. The van der Waals surface area contributed by atoms with Crippen LogP contribution >= 0.6 is 0 Å². The predicted octanol–water partition coefficient (Wildman–Crippen LogP) is 9.29. The fraction of sp³-hybridized carbons (Fsp3) is 0.506. The van der Waals surface area contributed by atoms with Gasteiger partial charge in [0.2, 0.25) is 11.8 Å². The van der Waals surface area contributed by atoms with E-state index in [1.54, 1.807) is 81.9 Å². The molecule has 4 aromatic rings. The van der Waals surface area contributed by atoms with Crippen LogP contribution in [0.2, 0.25) is 0 Å². The molecule has 0 radical (unpaired) electrons. The van der Waals surface area contributed by atoms with Crippen molar-refractivity contribution in [1.29, 1.82) is 0 Å². The first-order chi connectivity index (χ1) is 49.1. The van der Waals surface area contributed by atoms with Gasteiger partial charge in [0, 0.05) is 75.6 Å². The number of rotatable bonds is 36. The number of anilines is 2. The smallest absolute Gasteiger partial charge is 0.416 e. The largest absolute Gasteiger partial charge is 0.493 e. The third-order valence-corrected chi connectivity index (χ3v) is 18.8. The van der Waals surface area contributed by atoms with Crippen LogP contribution in [0.4, 0.5) is 21.0 Å². The number of methoxy groups -OCH3 is 3. The van der Waals surface area contributed by atoms with Gasteiger partial charge in [-0.05, 0) is 113 Å². The SMILES string of the molecule is COCCOCCC(=O)CC(C(=O)N[C@@H](C)C(=O)Cc1ccc(COC(=O)N2c3cc(OCCCCCOc4cc5c(cc4OC)C(=O)N4C=C(C)C[C@H]4[C@H](O)N5C(=O)OCc4ccc(CC(=O)[C@H](C)NC(=O)[C@@H](CC(C)=O)C(C)C)cc4)c(OC)cc3C(=O)N3C=C(C)C[C@H]3[C@@H]2O)cc1)C(C)C. The Bertz CT molecular complexity index is 3810. The number of Topliss-reactive ketones (excluding diaryl/α,β-unsaturated/α-hetero) is 4. The Morgan fingerprint density at radius 3 is 1.32 bits per heavy atom. The quantitative estimate of drug-likeness (QED) is 0.0308. The first kappa shape index (κ1) is 79.2. The molecule has 0 saturated carbocycles. The summed E-state index contributed by atoms with van der Waals surface area (Å²) in [5.74, 6) is -3.14. The first-order valence-electron chi connectivity index (χ1n) is 35.0. The van der Waals surface area contributed by atoms with E-state index in [9.17, 15) is 58.2 Å². The Morgan fingerprint density at radius 1 is 0.524 bits per heavy atom. The topological polar surface area (TPSA) is 322 Å². The van der Waals surface area contributed by atoms with Gasteiger partial charge in [0.15, 0.2) is 47.0 Å². The van der Waals surface area contributed by atoms with Crippen LogP contribution < -0.4 is 39.4 Å². The zero-order valence-corrected chi connectivity index (χ0v) is 60.9. The van der Waals surface area contributed by atoms with E-state index in [1.807, 2.05) is 41.5 Å². The van der Waals surface area contributed by atoms with Gasteiger partial charge in [0.1, 0.15) is 24.8 Å². The molecule has 4 aromatic carbocycles. The first-order valence-corrected chi connectivity index (χ1v) is 35.0. The molecule has 0 bridgehead atoms. The average molecular weight is 1430 g/mol. The number of ketones is 4. The molecule has 8 rings (SSSR count). The molecule has 1 unspecified atom stereocenters. The van der Waals surface area contributed by atoms with Gasteiger partial charge in [0.05, 0.1) is 93.9 Å². The lowest BCUT2D eigenvalue weighted by Gasteiger charge is -2.31. The van der Waals surface area contributed by atoms with Crippen molar-refractivity contribution in [3.05, 3.63) is 130 Å². The van der Waals surface area contributed by atoms with Crippen molar-refractivity contribution >= 4 is 70.3 Å². The van der Waals surface area contributed by atoms with Crippen LogP contribution in [0.5, 0.6) is 23.0 Å². The minimum absolute atomic E-state index is 0.00809. The van der Waals surface area contributed by atoms with Gasteiger partial charge in [-0.15, -0.1) is 0 Å². The van der Waals surface area contributed by atoms with Crippen LogP contribution in [0.25, 0.3) is 0 Å². The molecule has 4 aliphatic rings. The summed E-state index contributed by atoms with van der Waals surface area (Å²) in [6.45, 7) is 16.4. The minimum Gasteiger partial charge on any atom is -0.493 e. The third-order valence-electron chi connectivity index (χ3n) is 18.8. The monoisotopic (exact) mass is 1430 g/mol. The zero-order chi connectivity index (χ0) is 74.9. The average Bonchev–Trinajstić information content (AvgIpc) is 1.62. The maximum Gasteiger partial charge on any atom is 0.416 e. The number of nitrogens with one attached hydrogen (secondary N) is 2. The number of aliphatic hydroxyl groups is 2. The van der Waals surface area contributed by atoms with Crippen LogP contribution in [0, 0.1) is 23.7 Å². The maximum absolute atomic E-state index is 14.4.